The van der Waals surface area contributed by atoms with Crippen molar-refractivity contribution < 1.29 is 4.43 Å². The average Bonchev–Trinajstić information content (AvgIpc) is 2.75. The van der Waals surface area contributed by atoms with E-state index in [1.54, 1.807) is 0 Å². The van der Waals surface area contributed by atoms with E-state index < -0.39 is 9.76 Å². The van der Waals surface area contributed by atoms with Crippen molar-refractivity contribution >= 4 is 9.76 Å². The molecule has 0 N–H and O–H groups in total. The molecule has 0 aromatic rings. The monoisotopic (exact) mass is 471 g/mol. The molecule has 0 aliphatic rings. The number of rotatable bonds is 24. The molecule has 0 saturated heterocycles. The summed E-state index contributed by atoms with van der Waals surface area (Å²) in [7, 11) is -0.506. The first-order chi connectivity index (χ1) is 15.5. The summed E-state index contributed by atoms with van der Waals surface area (Å²) in [5, 5.41) is 0. The smallest absolute Gasteiger partial charge is 0.162 e. The minimum Gasteiger partial charge on any atom is -0.424 e. The molecule has 0 amide bonds. The van der Waals surface area contributed by atoms with Gasteiger partial charge in [0.05, 0.1) is 0 Å². The molecule has 0 spiro atoms. The van der Waals surface area contributed by atoms with Crippen molar-refractivity contribution in [3.63, 3.8) is 0 Å². The molecule has 0 aromatic carbocycles. The van der Waals surface area contributed by atoms with E-state index >= 15 is 0 Å². The summed E-state index contributed by atoms with van der Waals surface area (Å²) < 4.78 is 6.32. The summed E-state index contributed by atoms with van der Waals surface area (Å²) in [6, 6.07) is 1.31. The third-order valence-corrected chi connectivity index (χ3v) is 8.18. The van der Waals surface area contributed by atoms with Gasteiger partial charge in [-0.25, -0.2) is 0 Å². The van der Waals surface area contributed by atoms with Crippen LogP contribution in [0.1, 0.15) is 99.8 Å². The van der Waals surface area contributed by atoms with Gasteiger partial charge in [0.15, 0.2) is 9.76 Å². The number of nitrogens with zero attached hydrogens (tertiary/aromatic N) is 3. The quantitative estimate of drug-likeness (QED) is 0.134. The van der Waals surface area contributed by atoms with Gasteiger partial charge in [-0.2, -0.15) is 0 Å². The van der Waals surface area contributed by atoms with Gasteiger partial charge in [-0.1, -0.05) is 54.9 Å². The Morgan fingerprint density at radius 3 is 1.16 bits per heavy atom. The molecular weight excluding hydrogens is 410 g/mol. The molecule has 0 bridgehead atoms. The molecule has 4 nitrogen and oxygen atoms in total. The molecule has 0 radical (unpaired) electrons. The SMILES string of the molecule is CCCCO[SiH2]CC(CN(CCC)CCC)(CN(CCC)CCC)CN(CCC)CCC. The fourth-order valence-electron chi connectivity index (χ4n) is 5.15. The normalized spacial score (nSPS) is 12.9. The molecule has 0 aliphatic heterocycles. The van der Waals surface area contributed by atoms with Crippen molar-refractivity contribution in [1.29, 1.82) is 0 Å². The van der Waals surface area contributed by atoms with Crippen LogP contribution in [0.2, 0.25) is 6.04 Å². The number of hydrogen-bond donors (Lipinski definition) is 0. The Hall–Kier alpha value is 0.0569. The molecule has 0 aromatic heterocycles. The first-order valence-electron chi connectivity index (χ1n) is 14.3. The predicted molar refractivity (Wildman–Crippen MR) is 148 cm³/mol. The highest BCUT2D eigenvalue weighted by Gasteiger charge is 2.35. The molecule has 194 valence electrons. The second kappa shape index (κ2) is 21.6. The van der Waals surface area contributed by atoms with Gasteiger partial charge in [0.1, 0.15) is 0 Å². The zero-order valence-corrected chi connectivity index (χ0v) is 24.8. The Morgan fingerprint density at radius 1 is 0.531 bits per heavy atom. The van der Waals surface area contributed by atoms with Gasteiger partial charge >= 0.3 is 0 Å². The lowest BCUT2D eigenvalue weighted by Crippen LogP contribution is -2.53. The summed E-state index contributed by atoms with van der Waals surface area (Å²) in [5.41, 5.74) is 0.331. The van der Waals surface area contributed by atoms with Gasteiger partial charge < -0.3 is 19.1 Å². The summed E-state index contributed by atoms with van der Waals surface area (Å²) in [6.07, 6.45) is 9.96. The zero-order valence-electron chi connectivity index (χ0n) is 23.4. The fourth-order valence-corrected chi connectivity index (χ4v) is 6.61. The maximum atomic E-state index is 6.32. The Kier molecular flexibility index (Phi) is 21.6. The predicted octanol–water partition coefficient (Wildman–Crippen LogP) is 5.66. The zero-order chi connectivity index (χ0) is 24.1. The van der Waals surface area contributed by atoms with Crippen molar-refractivity contribution in [2.45, 2.75) is 106 Å². The van der Waals surface area contributed by atoms with E-state index in [1.807, 2.05) is 0 Å². The van der Waals surface area contributed by atoms with Crippen molar-refractivity contribution in [3.8, 4) is 0 Å². The maximum absolute atomic E-state index is 6.32. The van der Waals surface area contributed by atoms with Crippen LogP contribution in [0.3, 0.4) is 0 Å². The van der Waals surface area contributed by atoms with Crippen LogP contribution in [0.15, 0.2) is 0 Å². The summed E-state index contributed by atoms with van der Waals surface area (Å²) in [4.78, 5) is 8.35. The van der Waals surface area contributed by atoms with Gasteiger partial charge in [-0.15, -0.1) is 0 Å². The Bertz CT molecular complexity index is 334. The van der Waals surface area contributed by atoms with E-state index in [-0.39, 0.29) is 0 Å². The van der Waals surface area contributed by atoms with E-state index in [4.69, 9.17) is 4.43 Å². The minimum absolute atomic E-state index is 0.331. The fraction of sp³-hybridized carbons (Fsp3) is 1.00. The lowest BCUT2D eigenvalue weighted by atomic mass is 9.87. The highest BCUT2D eigenvalue weighted by Crippen LogP contribution is 2.29. The topological polar surface area (TPSA) is 19.0 Å². The standard InChI is InChI=1S/C27H61N3OSi/c1-8-15-22-31-32-26-27(23-28(16-9-2)17-10-3,24-29(18-11-4)19-12-5)25-30(20-13-6)21-14-7/h8-26,32H2,1-7H3. The van der Waals surface area contributed by atoms with Crippen LogP contribution in [-0.2, 0) is 4.43 Å². The first kappa shape index (κ1) is 32.1. The van der Waals surface area contributed by atoms with Gasteiger partial charge in [0.25, 0.3) is 0 Å². The Morgan fingerprint density at radius 2 is 0.875 bits per heavy atom. The molecular formula is C27H61N3OSi. The number of hydrogen-bond acceptors (Lipinski definition) is 4. The van der Waals surface area contributed by atoms with Crippen molar-refractivity contribution in [2.75, 3.05) is 65.5 Å². The highest BCUT2D eigenvalue weighted by atomic mass is 28.2. The molecule has 0 unspecified atom stereocenters. The number of unbranched alkanes of at least 4 members (excludes halogenated alkanes) is 1. The molecule has 0 aliphatic carbocycles. The highest BCUT2D eigenvalue weighted by molar-refractivity contribution is 6.27. The van der Waals surface area contributed by atoms with E-state index in [2.05, 4.69) is 63.2 Å². The largest absolute Gasteiger partial charge is 0.424 e. The van der Waals surface area contributed by atoms with E-state index in [0.717, 1.165) is 6.61 Å². The van der Waals surface area contributed by atoms with E-state index in [9.17, 15) is 0 Å². The lowest BCUT2D eigenvalue weighted by Gasteiger charge is -2.45. The van der Waals surface area contributed by atoms with Crippen LogP contribution in [-0.4, -0.2) is 90.0 Å². The molecule has 5 heteroatoms. The van der Waals surface area contributed by atoms with Gasteiger partial charge in [-0.05, 0) is 90.3 Å². The maximum Gasteiger partial charge on any atom is 0.162 e. The van der Waals surface area contributed by atoms with E-state index in [0.29, 0.717) is 5.41 Å². The van der Waals surface area contributed by atoms with Crippen LogP contribution in [0.25, 0.3) is 0 Å². The second-order valence-electron chi connectivity index (χ2n) is 10.0. The van der Waals surface area contributed by atoms with E-state index in [1.165, 1.54) is 116 Å². The third kappa shape index (κ3) is 15.1. The Balaban J connectivity index is 5.85. The lowest BCUT2D eigenvalue weighted by molar-refractivity contribution is 0.0633. The average molecular weight is 472 g/mol. The van der Waals surface area contributed by atoms with Crippen LogP contribution in [0.5, 0.6) is 0 Å². The summed E-state index contributed by atoms with van der Waals surface area (Å²) >= 11 is 0. The van der Waals surface area contributed by atoms with Crippen molar-refractivity contribution in [1.82, 2.24) is 14.7 Å². The van der Waals surface area contributed by atoms with Crippen LogP contribution >= 0.6 is 0 Å². The first-order valence-corrected chi connectivity index (χ1v) is 15.9. The molecule has 0 atom stereocenters. The molecule has 0 fully saturated rings. The molecule has 0 rings (SSSR count). The summed E-state index contributed by atoms with van der Waals surface area (Å²) in [6.45, 7) is 28.4. The van der Waals surface area contributed by atoms with Crippen molar-refractivity contribution in [2.24, 2.45) is 5.41 Å². The molecule has 0 saturated carbocycles. The molecule has 32 heavy (non-hydrogen) atoms. The summed E-state index contributed by atoms with van der Waals surface area (Å²) in [5.74, 6) is 0. The van der Waals surface area contributed by atoms with Gasteiger partial charge in [0, 0.05) is 31.7 Å². The van der Waals surface area contributed by atoms with Gasteiger partial charge in [-0.3, -0.25) is 0 Å². The van der Waals surface area contributed by atoms with Crippen LogP contribution in [0, 0.1) is 5.41 Å². The van der Waals surface area contributed by atoms with Crippen molar-refractivity contribution in [3.05, 3.63) is 0 Å². The molecule has 0 heterocycles. The van der Waals surface area contributed by atoms with Gasteiger partial charge in [0.2, 0.25) is 0 Å². The van der Waals surface area contributed by atoms with Crippen LogP contribution in [0.4, 0.5) is 0 Å². The second-order valence-corrected chi connectivity index (χ2v) is 11.4. The Labute approximate surface area is 205 Å². The van der Waals surface area contributed by atoms with Crippen LogP contribution < -0.4 is 0 Å². The third-order valence-electron chi connectivity index (χ3n) is 6.34. The minimum atomic E-state index is -0.506.